The number of carbonyl (C=O) groups excluding carboxylic acids is 1. The van der Waals surface area contributed by atoms with Gasteiger partial charge in [-0.25, -0.2) is 21.6 Å². The van der Waals surface area contributed by atoms with Crippen molar-refractivity contribution in [2.75, 3.05) is 23.6 Å². The van der Waals surface area contributed by atoms with Crippen LogP contribution >= 0.6 is 31.9 Å². The maximum absolute atomic E-state index is 14.4. The predicted molar refractivity (Wildman–Crippen MR) is 200 cm³/mol. The molecule has 1 heterocycles. The molecule has 266 valence electrons. The maximum atomic E-state index is 14.4. The van der Waals surface area contributed by atoms with Gasteiger partial charge < -0.3 is 9.64 Å². The minimum absolute atomic E-state index is 0.0996. The number of hydrogen-bond donors (Lipinski definition) is 1. The van der Waals surface area contributed by atoms with Crippen LogP contribution < -0.4 is 4.72 Å². The fourth-order valence-electron chi connectivity index (χ4n) is 6.54. The van der Waals surface area contributed by atoms with E-state index in [9.17, 15) is 21.6 Å². The maximum Gasteiger partial charge on any atom is 0.410 e. The highest BCUT2D eigenvalue weighted by molar-refractivity contribution is 9.11. The van der Waals surface area contributed by atoms with Crippen LogP contribution in [0.2, 0.25) is 0 Å². The Morgan fingerprint density at radius 2 is 1.51 bits per heavy atom. The standard InChI is InChI=1S/C36H45Br2N3O6S2/c1-36(2,3)47-35(42)40-17-15-27(16-18-40)25-48(43,44)39-34-14-13-33(22-29(34)19-26-9-5-4-6-10-26)49(45,46)41(32-11-7-8-12-32)24-28-20-30(37)23-31(38)21-28/h4-6,9-10,13-14,20-23,27,32,39H,7-8,11-12,15-19,24-25H2,1-3H3. The van der Waals surface area contributed by atoms with Crippen molar-refractivity contribution < 1.29 is 26.4 Å². The third-order valence-corrected chi connectivity index (χ3v) is 13.2. The lowest BCUT2D eigenvalue weighted by molar-refractivity contribution is 0.0191. The second-order valence-corrected chi connectivity index (χ2v) is 19.5. The summed E-state index contributed by atoms with van der Waals surface area (Å²) >= 11 is 7.06. The Morgan fingerprint density at radius 1 is 0.878 bits per heavy atom. The summed E-state index contributed by atoms with van der Waals surface area (Å²) in [7, 11) is -7.74. The molecular formula is C36H45Br2N3O6S2. The molecule has 1 N–H and O–H groups in total. The van der Waals surface area contributed by atoms with Gasteiger partial charge in [-0.3, -0.25) is 4.72 Å². The Morgan fingerprint density at radius 3 is 2.12 bits per heavy atom. The van der Waals surface area contributed by atoms with Gasteiger partial charge in [0.15, 0.2) is 0 Å². The molecule has 2 aliphatic rings. The van der Waals surface area contributed by atoms with Crippen LogP contribution in [0.1, 0.15) is 76.0 Å². The Balaban J connectivity index is 1.38. The van der Waals surface area contributed by atoms with E-state index in [1.165, 1.54) is 6.07 Å². The Hall–Kier alpha value is -2.45. The Labute approximate surface area is 308 Å². The molecule has 0 aromatic heterocycles. The van der Waals surface area contributed by atoms with Gasteiger partial charge >= 0.3 is 6.09 Å². The largest absolute Gasteiger partial charge is 0.444 e. The van der Waals surface area contributed by atoms with Crippen molar-refractivity contribution in [2.45, 2.75) is 88.8 Å². The van der Waals surface area contributed by atoms with Gasteiger partial charge in [0.05, 0.1) is 16.3 Å². The highest BCUT2D eigenvalue weighted by atomic mass is 79.9. The number of halogens is 2. The average Bonchev–Trinajstić information content (AvgIpc) is 3.54. The lowest BCUT2D eigenvalue weighted by atomic mass is 9.99. The topological polar surface area (TPSA) is 113 Å². The van der Waals surface area contributed by atoms with E-state index >= 15 is 0 Å². The second kappa shape index (κ2) is 15.8. The summed E-state index contributed by atoms with van der Waals surface area (Å²) in [5, 5.41) is 0. The van der Waals surface area contributed by atoms with Crippen LogP contribution in [0.15, 0.2) is 80.6 Å². The van der Waals surface area contributed by atoms with Crippen LogP contribution in [0.5, 0.6) is 0 Å². The summed E-state index contributed by atoms with van der Waals surface area (Å²) in [5.41, 5.74) is 2.13. The summed E-state index contributed by atoms with van der Waals surface area (Å²) in [6.45, 7) is 6.53. The smallest absolute Gasteiger partial charge is 0.410 e. The first-order valence-corrected chi connectivity index (χ1v) is 21.4. The van der Waals surface area contributed by atoms with Gasteiger partial charge in [0.1, 0.15) is 5.60 Å². The molecule has 1 aliphatic carbocycles. The molecule has 0 unspecified atom stereocenters. The third kappa shape index (κ3) is 10.5. The number of anilines is 1. The van der Waals surface area contributed by atoms with E-state index in [1.54, 1.807) is 21.3 Å². The van der Waals surface area contributed by atoms with Gasteiger partial charge in [0, 0.05) is 34.6 Å². The van der Waals surface area contributed by atoms with Crippen molar-refractivity contribution in [3.05, 3.63) is 92.4 Å². The van der Waals surface area contributed by atoms with Crippen LogP contribution in [-0.4, -0.2) is 62.6 Å². The molecule has 5 rings (SSSR count). The van der Waals surface area contributed by atoms with Crippen molar-refractivity contribution in [3.8, 4) is 0 Å². The number of amides is 1. The molecule has 1 aliphatic heterocycles. The Kier molecular flexibility index (Phi) is 12.2. The van der Waals surface area contributed by atoms with Crippen molar-refractivity contribution in [1.29, 1.82) is 0 Å². The minimum atomic E-state index is -3.95. The van der Waals surface area contributed by atoms with Gasteiger partial charge in [0.2, 0.25) is 20.0 Å². The van der Waals surface area contributed by atoms with Gasteiger partial charge in [-0.1, -0.05) is 75.0 Å². The molecule has 9 nitrogen and oxygen atoms in total. The number of sulfonamides is 2. The zero-order valence-electron chi connectivity index (χ0n) is 28.2. The first-order valence-electron chi connectivity index (χ1n) is 16.7. The van der Waals surface area contributed by atoms with Gasteiger partial charge in [-0.15, -0.1) is 0 Å². The van der Waals surface area contributed by atoms with Crippen molar-refractivity contribution >= 4 is 63.7 Å². The second-order valence-electron chi connectivity index (χ2n) is 14.0. The predicted octanol–water partition coefficient (Wildman–Crippen LogP) is 8.32. The zero-order chi connectivity index (χ0) is 35.4. The molecule has 1 amide bonds. The molecule has 3 aromatic carbocycles. The number of hydrogen-bond acceptors (Lipinski definition) is 6. The number of likely N-dealkylation sites (tertiary alicyclic amines) is 1. The molecule has 0 bridgehead atoms. The zero-order valence-corrected chi connectivity index (χ0v) is 33.0. The quantitative estimate of drug-likeness (QED) is 0.208. The van der Waals surface area contributed by atoms with Crippen molar-refractivity contribution in [2.24, 2.45) is 5.92 Å². The van der Waals surface area contributed by atoms with E-state index in [4.69, 9.17) is 4.74 Å². The molecule has 3 aromatic rings. The van der Waals surface area contributed by atoms with Crippen LogP contribution in [0, 0.1) is 5.92 Å². The fourth-order valence-corrected chi connectivity index (χ4v) is 11.2. The van der Waals surface area contributed by atoms with E-state index in [1.807, 2.05) is 69.3 Å². The van der Waals surface area contributed by atoms with Gasteiger partial charge in [-0.2, -0.15) is 4.31 Å². The van der Waals surface area contributed by atoms with E-state index in [2.05, 4.69) is 36.6 Å². The summed E-state index contributed by atoms with van der Waals surface area (Å²) in [4.78, 5) is 14.3. The SMILES string of the molecule is CC(C)(C)OC(=O)N1CCC(CS(=O)(=O)Nc2ccc(S(=O)(=O)N(Cc3cc(Br)cc(Br)c3)C3CCCC3)cc2Cc2ccccc2)CC1. The number of benzene rings is 3. The number of rotatable bonds is 11. The monoisotopic (exact) mass is 837 g/mol. The van der Waals surface area contributed by atoms with Crippen LogP contribution in [0.4, 0.5) is 10.5 Å². The van der Waals surface area contributed by atoms with Gasteiger partial charge in [-0.05, 0) is 112 Å². The normalized spacial score (nSPS) is 16.7. The number of piperidine rings is 1. The lowest BCUT2D eigenvalue weighted by Gasteiger charge is -2.33. The first-order chi connectivity index (χ1) is 23.1. The first kappa shape index (κ1) is 37.8. The number of nitrogens with one attached hydrogen (secondary N) is 1. The Bertz CT molecular complexity index is 1820. The van der Waals surface area contributed by atoms with Crippen LogP contribution in [0.25, 0.3) is 0 Å². The van der Waals surface area contributed by atoms with Gasteiger partial charge in [0.25, 0.3) is 0 Å². The molecule has 0 atom stereocenters. The third-order valence-electron chi connectivity index (χ3n) is 8.90. The minimum Gasteiger partial charge on any atom is -0.444 e. The summed E-state index contributed by atoms with van der Waals surface area (Å²) in [5.74, 6) is -0.232. The average molecular weight is 840 g/mol. The fraction of sp³-hybridized carbons (Fsp3) is 0.472. The molecule has 0 radical (unpaired) electrons. The van der Waals surface area contributed by atoms with Crippen LogP contribution in [0.3, 0.4) is 0 Å². The molecule has 1 saturated carbocycles. The molecule has 2 fully saturated rings. The lowest BCUT2D eigenvalue weighted by Crippen LogP contribution is -2.43. The van der Waals surface area contributed by atoms with Crippen molar-refractivity contribution in [3.63, 3.8) is 0 Å². The highest BCUT2D eigenvalue weighted by Gasteiger charge is 2.34. The van der Waals surface area contributed by atoms with E-state index in [-0.39, 0.29) is 35.2 Å². The summed E-state index contributed by atoms with van der Waals surface area (Å²) in [6.07, 6.45) is 4.57. The molecule has 1 saturated heterocycles. The number of ether oxygens (including phenoxy) is 1. The van der Waals surface area contributed by atoms with E-state index in [0.29, 0.717) is 43.6 Å². The summed E-state index contributed by atoms with van der Waals surface area (Å²) in [6, 6.07) is 20.0. The highest BCUT2D eigenvalue weighted by Crippen LogP contribution is 2.34. The van der Waals surface area contributed by atoms with E-state index < -0.39 is 25.6 Å². The molecule has 49 heavy (non-hydrogen) atoms. The molecule has 0 spiro atoms. The molecular weight excluding hydrogens is 794 g/mol. The number of nitrogens with zero attached hydrogens (tertiary/aromatic N) is 2. The van der Waals surface area contributed by atoms with Crippen molar-refractivity contribution in [1.82, 2.24) is 9.21 Å². The van der Waals surface area contributed by atoms with Crippen LogP contribution in [-0.2, 0) is 37.7 Å². The molecule has 13 heteroatoms. The van der Waals surface area contributed by atoms with E-state index in [0.717, 1.165) is 45.8 Å². The number of carbonyl (C=O) groups is 1. The summed E-state index contributed by atoms with van der Waals surface area (Å²) < 4.78 is 67.6.